The Labute approximate surface area is 197 Å². The fraction of sp³-hybridized carbons (Fsp3) is 0.280. The van der Waals surface area contributed by atoms with E-state index >= 15 is 0 Å². The zero-order chi connectivity index (χ0) is 24.5. The second-order valence-electron chi connectivity index (χ2n) is 7.54. The lowest BCUT2D eigenvalue weighted by atomic mass is 10.0. The van der Waals surface area contributed by atoms with Gasteiger partial charge in [0.25, 0.3) is 5.91 Å². The normalized spacial score (nSPS) is 11.5. The van der Waals surface area contributed by atoms with Crippen LogP contribution in [0.5, 0.6) is 0 Å². The number of rotatable bonds is 10. The number of carbonyl (C=O) groups is 4. The van der Waals surface area contributed by atoms with Gasteiger partial charge in [0.2, 0.25) is 5.91 Å². The number of ether oxygens (including phenoxy) is 2. The van der Waals surface area contributed by atoms with Gasteiger partial charge in [-0.15, -0.1) is 0 Å². The van der Waals surface area contributed by atoms with E-state index in [0.717, 1.165) is 16.5 Å². The molecule has 0 aliphatic rings. The summed E-state index contributed by atoms with van der Waals surface area (Å²) in [5, 5.41) is 3.51. The summed E-state index contributed by atoms with van der Waals surface area (Å²) < 4.78 is 10.2. The molecule has 0 aliphatic heterocycles. The number of fused-ring (bicyclic) bond motifs is 1. The van der Waals surface area contributed by atoms with Gasteiger partial charge < -0.3 is 19.8 Å². The van der Waals surface area contributed by atoms with Crippen molar-refractivity contribution in [3.8, 4) is 0 Å². The minimum Gasteiger partial charge on any atom is -0.465 e. The van der Waals surface area contributed by atoms with Crippen molar-refractivity contribution in [2.24, 2.45) is 0 Å². The average Bonchev–Trinajstić information content (AvgIpc) is 3.23. The van der Waals surface area contributed by atoms with Crippen LogP contribution in [0, 0.1) is 0 Å². The summed E-state index contributed by atoms with van der Waals surface area (Å²) in [4.78, 5) is 53.7. The van der Waals surface area contributed by atoms with E-state index in [4.69, 9.17) is 9.47 Å². The number of aromatic nitrogens is 1. The molecule has 3 aromatic rings. The number of anilines is 1. The van der Waals surface area contributed by atoms with Gasteiger partial charge in [0.05, 0.1) is 6.61 Å². The summed E-state index contributed by atoms with van der Waals surface area (Å²) in [5.41, 5.74) is 2.19. The molecule has 3 rings (SSSR count). The second kappa shape index (κ2) is 11.6. The molecule has 0 bridgehead atoms. The van der Waals surface area contributed by atoms with E-state index in [1.807, 2.05) is 24.3 Å². The van der Waals surface area contributed by atoms with E-state index in [9.17, 15) is 19.2 Å². The summed E-state index contributed by atoms with van der Waals surface area (Å²) in [6.45, 7) is 2.23. The Morgan fingerprint density at radius 2 is 1.71 bits per heavy atom. The third-order valence-electron chi connectivity index (χ3n) is 5.06. The first-order chi connectivity index (χ1) is 16.4. The molecule has 2 aromatic carbocycles. The van der Waals surface area contributed by atoms with Gasteiger partial charge in [-0.1, -0.05) is 36.4 Å². The summed E-state index contributed by atoms with van der Waals surface area (Å²) in [7, 11) is 0. The highest BCUT2D eigenvalue weighted by Crippen LogP contribution is 2.20. The molecule has 0 unspecified atom stereocenters. The Morgan fingerprint density at radius 3 is 2.41 bits per heavy atom. The number of nitrogens with zero attached hydrogens (tertiary/aromatic N) is 1. The number of benzene rings is 2. The first-order valence-electron chi connectivity index (χ1n) is 10.9. The first-order valence-corrected chi connectivity index (χ1v) is 10.9. The Balaban J connectivity index is 1.70. The molecule has 2 amide bonds. The van der Waals surface area contributed by atoms with Gasteiger partial charge in [-0.05, 0) is 30.7 Å². The number of aromatic amines is 1. The first kappa shape index (κ1) is 24.5. The molecule has 34 heavy (non-hydrogen) atoms. The highest BCUT2D eigenvalue weighted by molar-refractivity contribution is 5.99. The predicted molar refractivity (Wildman–Crippen MR) is 126 cm³/mol. The van der Waals surface area contributed by atoms with E-state index < -0.39 is 36.4 Å². The Hall–Kier alpha value is -4.14. The maximum Gasteiger partial charge on any atom is 0.329 e. The largest absolute Gasteiger partial charge is 0.465 e. The topological polar surface area (TPSA) is 118 Å². The number of esters is 2. The van der Waals surface area contributed by atoms with Crippen molar-refractivity contribution in [2.75, 3.05) is 24.7 Å². The molecule has 0 radical (unpaired) electrons. The monoisotopic (exact) mass is 465 g/mol. The number of amides is 2. The molecule has 178 valence electrons. The lowest BCUT2D eigenvalue weighted by Crippen LogP contribution is -2.44. The van der Waals surface area contributed by atoms with Crippen molar-refractivity contribution >= 4 is 40.3 Å². The number of carbonyl (C=O) groups excluding carboxylic acids is 4. The molecule has 1 heterocycles. The molecular formula is C25H27N3O6. The predicted octanol–water partition coefficient (Wildman–Crippen LogP) is 2.35. The second-order valence-corrected chi connectivity index (χ2v) is 7.54. The van der Waals surface area contributed by atoms with E-state index in [1.165, 1.54) is 11.8 Å². The lowest BCUT2D eigenvalue weighted by molar-refractivity contribution is -0.151. The van der Waals surface area contributed by atoms with E-state index in [2.05, 4.69) is 10.3 Å². The lowest BCUT2D eigenvalue weighted by Gasteiger charge is -2.22. The van der Waals surface area contributed by atoms with Crippen molar-refractivity contribution in [2.45, 2.75) is 26.3 Å². The fourth-order valence-electron chi connectivity index (χ4n) is 3.54. The van der Waals surface area contributed by atoms with Gasteiger partial charge in [0, 0.05) is 36.1 Å². The molecule has 0 spiro atoms. The zero-order valence-corrected chi connectivity index (χ0v) is 19.1. The number of H-pyrrole nitrogens is 1. The van der Waals surface area contributed by atoms with Crippen molar-refractivity contribution in [3.63, 3.8) is 0 Å². The number of hydrogen-bond donors (Lipinski definition) is 2. The molecule has 2 N–H and O–H groups in total. The van der Waals surface area contributed by atoms with Crippen LogP contribution >= 0.6 is 0 Å². The number of nitrogens with one attached hydrogen (secondary N) is 2. The van der Waals surface area contributed by atoms with Crippen LogP contribution in [0.25, 0.3) is 10.9 Å². The SMILES string of the molecule is CCOC(=O)CN(C(=O)COC(=O)[C@H](Cc1c[nH]c2ccccc12)NC(C)=O)c1ccccc1. The summed E-state index contributed by atoms with van der Waals surface area (Å²) in [5.74, 6) is -2.33. The van der Waals surface area contributed by atoms with Crippen LogP contribution in [-0.4, -0.2) is 54.5 Å². The van der Waals surface area contributed by atoms with Crippen LogP contribution in [0.3, 0.4) is 0 Å². The van der Waals surface area contributed by atoms with Gasteiger partial charge in [-0.2, -0.15) is 0 Å². The van der Waals surface area contributed by atoms with Gasteiger partial charge in [0.15, 0.2) is 6.61 Å². The third kappa shape index (κ3) is 6.44. The highest BCUT2D eigenvalue weighted by atomic mass is 16.5. The standard InChI is InChI=1S/C25H27N3O6/c1-3-33-24(31)15-28(19-9-5-4-6-10-19)23(30)16-34-25(32)22(27-17(2)29)13-18-14-26-21-12-8-7-11-20(18)21/h4-12,14,22,26H,3,13,15-16H2,1-2H3,(H,27,29)/t22-/m0/s1. The minimum atomic E-state index is -0.986. The van der Waals surface area contributed by atoms with Crippen molar-refractivity contribution in [1.82, 2.24) is 10.3 Å². The van der Waals surface area contributed by atoms with Gasteiger partial charge in [-0.25, -0.2) is 4.79 Å². The van der Waals surface area contributed by atoms with Crippen LogP contribution in [0.4, 0.5) is 5.69 Å². The molecule has 9 nitrogen and oxygen atoms in total. The van der Waals surface area contributed by atoms with Crippen LogP contribution in [0.2, 0.25) is 0 Å². The van der Waals surface area contributed by atoms with E-state index in [1.54, 1.807) is 43.5 Å². The molecule has 0 fully saturated rings. The number of hydrogen-bond acceptors (Lipinski definition) is 6. The van der Waals surface area contributed by atoms with Gasteiger partial charge in [-0.3, -0.25) is 19.3 Å². The van der Waals surface area contributed by atoms with E-state index in [-0.39, 0.29) is 19.6 Å². The summed E-state index contributed by atoms with van der Waals surface area (Å²) in [6.07, 6.45) is 1.95. The molecule has 9 heteroatoms. The minimum absolute atomic E-state index is 0.177. The quantitative estimate of drug-likeness (QED) is 0.444. The molecule has 1 atom stereocenters. The van der Waals surface area contributed by atoms with Crippen LogP contribution in [0.1, 0.15) is 19.4 Å². The van der Waals surface area contributed by atoms with Crippen molar-refractivity contribution in [1.29, 1.82) is 0 Å². The van der Waals surface area contributed by atoms with Crippen LogP contribution in [0.15, 0.2) is 60.8 Å². The Kier molecular flexibility index (Phi) is 8.39. The Morgan fingerprint density at radius 1 is 1.00 bits per heavy atom. The average molecular weight is 466 g/mol. The van der Waals surface area contributed by atoms with Gasteiger partial charge in [0.1, 0.15) is 12.6 Å². The zero-order valence-electron chi connectivity index (χ0n) is 19.1. The van der Waals surface area contributed by atoms with E-state index in [0.29, 0.717) is 5.69 Å². The summed E-state index contributed by atoms with van der Waals surface area (Å²) >= 11 is 0. The number of para-hydroxylation sites is 2. The Bertz CT molecular complexity index is 1160. The van der Waals surface area contributed by atoms with Gasteiger partial charge >= 0.3 is 11.9 Å². The molecular weight excluding hydrogens is 438 g/mol. The van der Waals surface area contributed by atoms with Crippen LogP contribution in [-0.2, 0) is 35.1 Å². The molecule has 0 aliphatic carbocycles. The van der Waals surface area contributed by atoms with Crippen LogP contribution < -0.4 is 10.2 Å². The summed E-state index contributed by atoms with van der Waals surface area (Å²) in [6, 6.07) is 15.2. The van der Waals surface area contributed by atoms with Crippen molar-refractivity contribution < 1.29 is 28.7 Å². The van der Waals surface area contributed by atoms with Crippen molar-refractivity contribution in [3.05, 3.63) is 66.4 Å². The fourth-order valence-corrected chi connectivity index (χ4v) is 3.54. The molecule has 0 saturated heterocycles. The molecule has 0 saturated carbocycles. The maximum atomic E-state index is 12.9. The maximum absolute atomic E-state index is 12.9. The highest BCUT2D eigenvalue weighted by Gasteiger charge is 2.26. The molecule has 1 aromatic heterocycles. The smallest absolute Gasteiger partial charge is 0.329 e. The third-order valence-corrected chi connectivity index (χ3v) is 5.06.